The van der Waals surface area contributed by atoms with Gasteiger partial charge in [0.15, 0.2) is 0 Å². The van der Waals surface area contributed by atoms with Crippen molar-refractivity contribution in [3.8, 4) is 0 Å². The SMILES string of the molecule is CC(C)(C)OC(=O)N1CCC(C(=O)N2CCC[C@@H]2c2nc3ccccc3s2)CC1. The van der Waals surface area contributed by atoms with Crippen molar-refractivity contribution in [2.45, 2.75) is 58.1 Å². The normalized spacial score (nSPS) is 21.0. The summed E-state index contributed by atoms with van der Waals surface area (Å²) >= 11 is 1.70. The van der Waals surface area contributed by atoms with Crippen molar-refractivity contribution in [2.24, 2.45) is 5.92 Å². The highest BCUT2D eigenvalue weighted by atomic mass is 32.1. The summed E-state index contributed by atoms with van der Waals surface area (Å²) in [5, 5.41) is 1.04. The molecule has 0 aliphatic carbocycles. The number of thiazole rings is 1. The van der Waals surface area contributed by atoms with Gasteiger partial charge in [0.2, 0.25) is 5.91 Å². The number of carbonyl (C=O) groups is 2. The van der Waals surface area contributed by atoms with Gasteiger partial charge < -0.3 is 14.5 Å². The predicted octanol–water partition coefficient (Wildman–Crippen LogP) is 4.61. The van der Waals surface area contributed by atoms with E-state index in [9.17, 15) is 9.59 Å². The van der Waals surface area contributed by atoms with Gasteiger partial charge in [-0.2, -0.15) is 0 Å². The van der Waals surface area contributed by atoms with Gasteiger partial charge in [0.1, 0.15) is 10.6 Å². The van der Waals surface area contributed by atoms with E-state index < -0.39 is 5.60 Å². The van der Waals surface area contributed by atoms with E-state index in [0.717, 1.165) is 29.9 Å². The quantitative estimate of drug-likeness (QED) is 0.719. The van der Waals surface area contributed by atoms with Gasteiger partial charge in [0, 0.05) is 25.6 Å². The number of hydrogen-bond donors (Lipinski definition) is 0. The standard InChI is InChI=1S/C22H29N3O3S/c1-22(2,3)28-21(27)24-13-10-15(11-14-24)20(26)25-12-6-8-17(25)19-23-16-7-4-5-9-18(16)29-19/h4-5,7,9,15,17H,6,8,10-14H2,1-3H3/t17-/m1/s1. The first-order chi connectivity index (χ1) is 13.8. The van der Waals surface area contributed by atoms with E-state index in [2.05, 4.69) is 6.07 Å². The summed E-state index contributed by atoms with van der Waals surface area (Å²) in [4.78, 5) is 34.1. The van der Waals surface area contributed by atoms with E-state index in [1.807, 2.05) is 43.9 Å². The Bertz CT molecular complexity index is 863. The number of benzene rings is 1. The van der Waals surface area contributed by atoms with Crippen LogP contribution in [0, 0.1) is 5.92 Å². The lowest BCUT2D eigenvalue weighted by molar-refractivity contribution is -0.138. The lowest BCUT2D eigenvalue weighted by Crippen LogP contribution is -2.45. The Morgan fingerprint density at radius 2 is 1.83 bits per heavy atom. The maximum absolute atomic E-state index is 13.3. The number of fused-ring (bicyclic) bond motifs is 1. The maximum Gasteiger partial charge on any atom is 0.410 e. The molecule has 0 radical (unpaired) electrons. The predicted molar refractivity (Wildman–Crippen MR) is 114 cm³/mol. The first-order valence-corrected chi connectivity index (χ1v) is 11.3. The van der Waals surface area contributed by atoms with Gasteiger partial charge in [0.05, 0.1) is 16.3 Å². The van der Waals surface area contributed by atoms with Crippen LogP contribution in [-0.2, 0) is 9.53 Å². The number of piperidine rings is 1. The minimum absolute atomic E-state index is 0.0244. The number of nitrogens with zero attached hydrogens (tertiary/aromatic N) is 3. The minimum Gasteiger partial charge on any atom is -0.444 e. The summed E-state index contributed by atoms with van der Waals surface area (Å²) in [5.41, 5.74) is 0.515. The van der Waals surface area contributed by atoms with Crippen LogP contribution in [-0.4, -0.2) is 52.0 Å². The fraction of sp³-hybridized carbons (Fsp3) is 0.591. The number of para-hydroxylation sites is 1. The van der Waals surface area contributed by atoms with Crippen molar-refractivity contribution in [2.75, 3.05) is 19.6 Å². The number of aromatic nitrogens is 1. The number of amides is 2. The van der Waals surface area contributed by atoms with Crippen LogP contribution in [0.25, 0.3) is 10.2 Å². The van der Waals surface area contributed by atoms with Gasteiger partial charge in [-0.3, -0.25) is 4.79 Å². The molecular weight excluding hydrogens is 386 g/mol. The third-order valence-corrected chi connectivity index (χ3v) is 6.76. The molecule has 1 aromatic carbocycles. The van der Waals surface area contributed by atoms with E-state index in [1.165, 1.54) is 4.70 Å². The molecule has 156 valence electrons. The Kier molecular flexibility index (Phi) is 5.51. The van der Waals surface area contributed by atoms with Gasteiger partial charge in [-0.25, -0.2) is 9.78 Å². The number of carbonyl (C=O) groups excluding carboxylic acids is 2. The smallest absolute Gasteiger partial charge is 0.410 e. The second-order valence-corrected chi connectivity index (χ2v) is 10.0. The Morgan fingerprint density at radius 3 is 2.52 bits per heavy atom. The molecule has 0 unspecified atom stereocenters. The Labute approximate surface area is 175 Å². The fourth-order valence-corrected chi connectivity index (χ4v) is 5.31. The van der Waals surface area contributed by atoms with Crippen LogP contribution < -0.4 is 0 Å². The Morgan fingerprint density at radius 1 is 1.10 bits per heavy atom. The van der Waals surface area contributed by atoms with Crippen molar-refractivity contribution in [3.63, 3.8) is 0 Å². The summed E-state index contributed by atoms with van der Waals surface area (Å²) in [6, 6.07) is 8.23. The van der Waals surface area contributed by atoms with E-state index in [4.69, 9.17) is 9.72 Å². The molecule has 0 spiro atoms. The molecule has 2 saturated heterocycles. The monoisotopic (exact) mass is 415 g/mol. The Hall–Kier alpha value is -2.15. The molecular formula is C22H29N3O3S. The molecule has 6 nitrogen and oxygen atoms in total. The number of rotatable bonds is 2. The van der Waals surface area contributed by atoms with Gasteiger partial charge in [-0.1, -0.05) is 12.1 Å². The van der Waals surface area contributed by atoms with Crippen LogP contribution in [0.15, 0.2) is 24.3 Å². The van der Waals surface area contributed by atoms with Crippen molar-refractivity contribution < 1.29 is 14.3 Å². The molecule has 2 aromatic rings. The molecule has 2 amide bonds. The van der Waals surface area contributed by atoms with Gasteiger partial charge in [-0.05, 0) is 58.6 Å². The fourth-order valence-electron chi connectivity index (χ4n) is 4.19. The topological polar surface area (TPSA) is 62.7 Å². The van der Waals surface area contributed by atoms with Crippen LogP contribution in [0.2, 0.25) is 0 Å². The molecule has 0 saturated carbocycles. The lowest BCUT2D eigenvalue weighted by Gasteiger charge is -2.35. The first-order valence-electron chi connectivity index (χ1n) is 10.5. The van der Waals surface area contributed by atoms with E-state index >= 15 is 0 Å². The van der Waals surface area contributed by atoms with Crippen molar-refractivity contribution in [3.05, 3.63) is 29.3 Å². The summed E-state index contributed by atoms with van der Waals surface area (Å²) in [5.74, 6) is 0.194. The molecule has 29 heavy (non-hydrogen) atoms. The second-order valence-electron chi connectivity index (χ2n) is 8.95. The van der Waals surface area contributed by atoms with Crippen molar-refractivity contribution >= 4 is 33.6 Å². The van der Waals surface area contributed by atoms with E-state index in [1.54, 1.807) is 16.2 Å². The first kappa shape index (κ1) is 20.1. The maximum atomic E-state index is 13.3. The molecule has 7 heteroatoms. The van der Waals surface area contributed by atoms with Gasteiger partial charge >= 0.3 is 6.09 Å². The third-order valence-electron chi connectivity index (χ3n) is 5.63. The zero-order valence-corrected chi connectivity index (χ0v) is 18.2. The lowest BCUT2D eigenvalue weighted by atomic mass is 9.95. The molecule has 2 aliphatic heterocycles. The van der Waals surface area contributed by atoms with Crippen LogP contribution in [0.4, 0.5) is 4.79 Å². The molecule has 2 aliphatic rings. The zero-order valence-electron chi connectivity index (χ0n) is 17.4. The average molecular weight is 416 g/mol. The van der Waals surface area contributed by atoms with Crippen LogP contribution >= 0.6 is 11.3 Å². The minimum atomic E-state index is -0.496. The van der Waals surface area contributed by atoms with E-state index in [0.29, 0.717) is 25.9 Å². The molecule has 1 aromatic heterocycles. The summed E-state index contributed by atoms with van der Waals surface area (Å²) < 4.78 is 6.63. The molecule has 0 N–H and O–H groups in total. The van der Waals surface area contributed by atoms with Crippen molar-refractivity contribution in [1.82, 2.24) is 14.8 Å². The Balaban J connectivity index is 1.40. The number of hydrogen-bond acceptors (Lipinski definition) is 5. The van der Waals surface area contributed by atoms with Crippen molar-refractivity contribution in [1.29, 1.82) is 0 Å². The molecule has 2 fully saturated rings. The molecule has 0 bridgehead atoms. The van der Waals surface area contributed by atoms with Crippen LogP contribution in [0.1, 0.15) is 57.5 Å². The summed E-state index contributed by atoms with van der Waals surface area (Å²) in [7, 11) is 0. The largest absolute Gasteiger partial charge is 0.444 e. The molecule has 1 atom stereocenters. The highest BCUT2D eigenvalue weighted by molar-refractivity contribution is 7.18. The summed E-state index contributed by atoms with van der Waals surface area (Å²) in [6.45, 7) is 7.56. The number of ether oxygens (including phenoxy) is 1. The van der Waals surface area contributed by atoms with Crippen LogP contribution in [0.5, 0.6) is 0 Å². The van der Waals surface area contributed by atoms with Gasteiger partial charge in [-0.15, -0.1) is 11.3 Å². The molecule has 3 heterocycles. The highest BCUT2D eigenvalue weighted by Gasteiger charge is 2.37. The number of likely N-dealkylation sites (tertiary alicyclic amines) is 2. The third kappa shape index (κ3) is 4.39. The second kappa shape index (κ2) is 7.94. The summed E-state index contributed by atoms with van der Waals surface area (Å²) in [6.07, 6.45) is 3.10. The average Bonchev–Trinajstić information content (AvgIpc) is 3.32. The molecule has 4 rings (SSSR count). The van der Waals surface area contributed by atoms with Crippen LogP contribution in [0.3, 0.4) is 0 Å². The van der Waals surface area contributed by atoms with Gasteiger partial charge in [0.25, 0.3) is 0 Å². The highest BCUT2D eigenvalue weighted by Crippen LogP contribution is 2.38. The zero-order chi connectivity index (χ0) is 20.6. The van der Waals surface area contributed by atoms with E-state index in [-0.39, 0.29) is 24.0 Å².